The Morgan fingerprint density at radius 1 is 1.19 bits per heavy atom. The third-order valence-corrected chi connectivity index (χ3v) is 5.79. The second-order valence-electron chi connectivity index (χ2n) is 8.38. The Morgan fingerprint density at radius 2 is 1.78 bits per heavy atom. The Labute approximate surface area is 181 Å². The van der Waals surface area contributed by atoms with E-state index in [0.717, 1.165) is 64.5 Å². The van der Waals surface area contributed by atoms with Crippen molar-refractivity contribution in [3.8, 4) is 0 Å². The number of hydrogen-bond donors (Lipinski definition) is 2. The number of guanidine groups is 1. The first-order chi connectivity index (χ1) is 12.3. The van der Waals surface area contributed by atoms with Gasteiger partial charge in [0.05, 0.1) is 18.6 Å². The third kappa shape index (κ3) is 6.45. The van der Waals surface area contributed by atoms with Crippen molar-refractivity contribution in [1.29, 1.82) is 0 Å². The predicted molar refractivity (Wildman–Crippen MR) is 121 cm³/mol. The van der Waals surface area contributed by atoms with Gasteiger partial charge in [-0.15, -0.1) is 24.0 Å². The molecule has 158 valence electrons. The van der Waals surface area contributed by atoms with Crippen LogP contribution in [0.4, 0.5) is 0 Å². The molecule has 1 aliphatic carbocycles. The SMILES string of the molecule is CN=C(NCC1(C(=O)N(C)C)CCCC1)NCC(C)(C)N1CCOCC1.I. The van der Waals surface area contributed by atoms with E-state index in [0.29, 0.717) is 6.54 Å². The van der Waals surface area contributed by atoms with E-state index in [-0.39, 0.29) is 40.8 Å². The zero-order chi connectivity index (χ0) is 19.2. The van der Waals surface area contributed by atoms with Crippen LogP contribution >= 0.6 is 24.0 Å². The Morgan fingerprint density at radius 3 is 2.30 bits per heavy atom. The van der Waals surface area contributed by atoms with Crippen LogP contribution in [0.5, 0.6) is 0 Å². The molecule has 0 radical (unpaired) electrons. The summed E-state index contributed by atoms with van der Waals surface area (Å²) in [4.78, 5) is 21.2. The zero-order valence-electron chi connectivity index (χ0n) is 17.6. The fraction of sp³-hybridized carbons (Fsp3) is 0.895. The molecule has 27 heavy (non-hydrogen) atoms. The molecule has 2 fully saturated rings. The van der Waals surface area contributed by atoms with Gasteiger partial charge in [0.1, 0.15) is 0 Å². The van der Waals surface area contributed by atoms with Crippen LogP contribution in [0.25, 0.3) is 0 Å². The molecule has 0 aromatic rings. The van der Waals surface area contributed by atoms with Crippen molar-refractivity contribution < 1.29 is 9.53 Å². The lowest BCUT2D eigenvalue weighted by molar-refractivity contribution is -0.138. The zero-order valence-corrected chi connectivity index (χ0v) is 20.0. The molecule has 8 heteroatoms. The average molecular weight is 495 g/mol. The molecule has 0 aromatic carbocycles. The van der Waals surface area contributed by atoms with Gasteiger partial charge in [0.15, 0.2) is 5.96 Å². The van der Waals surface area contributed by atoms with Gasteiger partial charge in [-0.3, -0.25) is 14.7 Å². The van der Waals surface area contributed by atoms with Crippen LogP contribution in [-0.4, -0.2) is 87.7 Å². The minimum absolute atomic E-state index is 0. The molecule has 1 aliphatic heterocycles. The number of nitrogens with one attached hydrogen (secondary N) is 2. The molecule has 2 rings (SSSR count). The van der Waals surface area contributed by atoms with Crippen LogP contribution in [0.1, 0.15) is 39.5 Å². The second-order valence-corrected chi connectivity index (χ2v) is 8.38. The van der Waals surface area contributed by atoms with Gasteiger partial charge < -0.3 is 20.3 Å². The predicted octanol–water partition coefficient (Wildman–Crippen LogP) is 1.53. The van der Waals surface area contributed by atoms with Gasteiger partial charge in [0.2, 0.25) is 5.91 Å². The molecule has 0 bridgehead atoms. The number of aliphatic imine (C=N–C) groups is 1. The summed E-state index contributed by atoms with van der Waals surface area (Å²) in [7, 11) is 5.48. The van der Waals surface area contributed by atoms with Crippen LogP contribution < -0.4 is 10.6 Å². The fourth-order valence-corrected chi connectivity index (χ4v) is 4.05. The fourth-order valence-electron chi connectivity index (χ4n) is 4.05. The molecular weight excluding hydrogens is 457 g/mol. The van der Waals surface area contributed by atoms with E-state index in [9.17, 15) is 4.79 Å². The van der Waals surface area contributed by atoms with E-state index in [4.69, 9.17) is 4.74 Å². The lowest BCUT2D eigenvalue weighted by Crippen LogP contribution is -2.57. The number of nitrogens with zero attached hydrogens (tertiary/aromatic N) is 3. The molecule has 0 aromatic heterocycles. The Hall–Kier alpha value is -0.610. The summed E-state index contributed by atoms with van der Waals surface area (Å²) in [5.41, 5.74) is -0.271. The second kappa shape index (κ2) is 10.8. The number of ether oxygens (including phenoxy) is 1. The minimum atomic E-state index is -0.291. The van der Waals surface area contributed by atoms with E-state index in [1.54, 1.807) is 11.9 Å². The number of rotatable bonds is 6. The van der Waals surface area contributed by atoms with Crippen molar-refractivity contribution in [2.45, 2.75) is 45.1 Å². The molecule has 0 spiro atoms. The monoisotopic (exact) mass is 495 g/mol. The average Bonchev–Trinajstić information content (AvgIpc) is 3.12. The highest BCUT2D eigenvalue weighted by molar-refractivity contribution is 14.0. The number of hydrogen-bond acceptors (Lipinski definition) is 4. The van der Waals surface area contributed by atoms with Gasteiger partial charge in [-0.2, -0.15) is 0 Å². The summed E-state index contributed by atoms with van der Waals surface area (Å²) >= 11 is 0. The molecule has 7 nitrogen and oxygen atoms in total. The summed E-state index contributed by atoms with van der Waals surface area (Å²) in [6.07, 6.45) is 4.15. The van der Waals surface area contributed by atoms with Gasteiger partial charge >= 0.3 is 0 Å². The molecule has 2 aliphatic rings. The number of morpholine rings is 1. The maximum Gasteiger partial charge on any atom is 0.230 e. The number of halogens is 1. The topological polar surface area (TPSA) is 69.2 Å². The number of carbonyl (C=O) groups is 1. The Bertz CT molecular complexity index is 498. The minimum Gasteiger partial charge on any atom is -0.379 e. The van der Waals surface area contributed by atoms with E-state index in [1.807, 2.05) is 14.1 Å². The molecule has 1 amide bonds. The van der Waals surface area contributed by atoms with Crippen LogP contribution in [-0.2, 0) is 9.53 Å². The van der Waals surface area contributed by atoms with Crippen molar-refractivity contribution >= 4 is 35.8 Å². The van der Waals surface area contributed by atoms with E-state index in [2.05, 4.69) is 34.4 Å². The normalized spacial score (nSPS) is 20.7. The largest absolute Gasteiger partial charge is 0.379 e. The highest BCUT2D eigenvalue weighted by Gasteiger charge is 2.42. The summed E-state index contributed by atoms with van der Waals surface area (Å²) in [5, 5.41) is 6.86. The lowest BCUT2D eigenvalue weighted by Gasteiger charge is -2.41. The van der Waals surface area contributed by atoms with E-state index in [1.165, 1.54) is 0 Å². The summed E-state index contributed by atoms with van der Waals surface area (Å²) in [6, 6.07) is 0. The van der Waals surface area contributed by atoms with Gasteiger partial charge in [0.25, 0.3) is 0 Å². The highest BCUT2D eigenvalue weighted by atomic mass is 127. The first-order valence-corrected chi connectivity index (χ1v) is 9.80. The van der Waals surface area contributed by atoms with Crippen LogP contribution in [0.3, 0.4) is 0 Å². The van der Waals surface area contributed by atoms with Gasteiger partial charge in [-0.1, -0.05) is 12.8 Å². The molecule has 2 N–H and O–H groups in total. The van der Waals surface area contributed by atoms with Gasteiger partial charge in [-0.25, -0.2) is 0 Å². The quantitative estimate of drug-likeness (QED) is 0.333. The van der Waals surface area contributed by atoms with Crippen molar-refractivity contribution in [1.82, 2.24) is 20.4 Å². The maximum atomic E-state index is 12.7. The standard InChI is InChI=1S/C19H37N5O2.HI/c1-18(2,24-10-12-26-13-11-24)14-21-17(20-3)22-15-19(8-6-7-9-19)16(25)23(4)5;/h6-15H2,1-5H3,(H2,20,21,22);1H. The summed E-state index contributed by atoms with van der Waals surface area (Å²) < 4.78 is 5.46. The van der Waals surface area contributed by atoms with Crippen LogP contribution in [0, 0.1) is 5.41 Å². The molecular formula is C19H38IN5O2. The maximum absolute atomic E-state index is 12.7. The first-order valence-electron chi connectivity index (χ1n) is 9.80. The summed E-state index contributed by atoms with van der Waals surface area (Å²) in [5.74, 6) is 0.996. The molecule has 0 atom stereocenters. The van der Waals surface area contributed by atoms with Gasteiger partial charge in [0, 0.05) is 52.9 Å². The smallest absolute Gasteiger partial charge is 0.230 e. The Balaban J connectivity index is 0.00000364. The first kappa shape index (κ1) is 24.4. The van der Waals surface area contributed by atoms with Crippen LogP contribution in [0.2, 0.25) is 0 Å². The number of amides is 1. The molecule has 1 saturated carbocycles. The van der Waals surface area contributed by atoms with Crippen molar-refractivity contribution in [3.05, 3.63) is 0 Å². The Kier molecular flexibility index (Phi) is 9.77. The molecule has 0 unspecified atom stereocenters. The van der Waals surface area contributed by atoms with Crippen molar-refractivity contribution in [3.63, 3.8) is 0 Å². The van der Waals surface area contributed by atoms with E-state index >= 15 is 0 Å². The van der Waals surface area contributed by atoms with Crippen molar-refractivity contribution in [2.75, 3.05) is 60.5 Å². The highest BCUT2D eigenvalue weighted by Crippen LogP contribution is 2.38. The van der Waals surface area contributed by atoms with Gasteiger partial charge in [-0.05, 0) is 26.7 Å². The molecule has 1 saturated heterocycles. The summed E-state index contributed by atoms with van der Waals surface area (Å²) in [6.45, 7) is 9.43. The lowest BCUT2D eigenvalue weighted by atomic mass is 9.84. The van der Waals surface area contributed by atoms with Crippen LogP contribution in [0.15, 0.2) is 4.99 Å². The number of carbonyl (C=O) groups excluding carboxylic acids is 1. The third-order valence-electron chi connectivity index (χ3n) is 5.79. The molecule has 1 heterocycles. The van der Waals surface area contributed by atoms with Crippen molar-refractivity contribution in [2.24, 2.45) is 10.4 Å². The van der Waals surface area contributed by atoms with E-state index < -0.39 is 0 Å².